The Morgan fingerprint density at radius 1 is 1.00 bits per heavy atom. The lowest BCUT2D eigenvalue weighted by atomic mass is 10.0. The first kappa shape index (κ1) is 20.0. The second-order valence-electron chi connectivity index (χ2n) is 8.05. The van der Waals surface area contributed by atoms with Crippen molar-refractivity contribution in [3.05, 3.63) is 95.8 Å². The molecule has 6 nitrogen and oxygen atoms in total. The van der Waals surface area contributed by atoms with E-state index in [1.54, 1.807) is 17.0 Å². The van der Waals surface area contributed by atoms with Crippen molar-refractivity contribution in [2.24, 2.45) is 0 Å². The molecule has 6 heteroatoms. The molecule has 0 bridgehead atoms. The Labute approximate surface area is 186 Å². The Morgan fingerprint density at radius 2 is 1.75 bits per heavy atom. The highest BCUT2D eigenvalue weighted by atomic mass is 16.2. The van der Waals surface area contributed by atoms with E-state index in [9.17, 15) is 9.59 Å². The molecule has 2 amide bonds. The van der Waals surface area contributed by atoms with Crippen molar-refractivity contribution in [3.8, 4) is 0 Å². The zero-order valence-electron chi connectivity index (χ0n) is 17.6. The van der Waals surface area contributed by atoms with Gasteiger partial charge in [0.25, 0.3) is 5.91 Å². The molecule has 0 radical (unpaired) electrons. The van der Waals surface area contributed by atoms with Crippen molar-refractivity contribution in [2.75, 3.05) is 11.4 Å². The maximum Gasteiger partial charge on any atom is 0.251 e. The lowest BCUT2D eigenvalue weighted by Crippen LogP contribution is -2.31. The van der Waals surface area contributed by atoms with Gasteiger partial charge in [-0.15, -0.1) is 0 Å². The van der Waals surface area contributed by atoms with E-state index in [0.717, 1.165) is 41.1 Å². The molecule has 2 heterocycles. The summed E-state index contributed by atoms with van der Waals surface area (Å²) in [5.41, 5.74) is 4.31. The first-order valence-electron chi connectivity index (χ1n) is 10.9. The highest BCUT2D eigenvalue weighted by Gasteiger charge is 2.23. The number of amides is 2. The second kappa shape index (κ2) is 8.67. The van der Waals surface area contributed by atoms with E-state index in [4.69, 9.17) is 4.98 Å². The lowest BCUT2D eigenvalue weighted by molar-refractivity contribution is -0.117. The number of nitrogens with zero attached hydrogens (tertiary/aromatic N) is 2. The molecule has 1 aliphatic rings. The van der Waals surface area contributed by atoms with E-state index in [1.807, 2.05) is 66.7 Å². The number of fused-ring (bicyclic) bond motifs is 1. The molecule has 1 atom stereocenters. The molecule has 5 rings (SSSR count). The standard InChI is InChI=1S/C26H24N4O2/c31-24-11-6-16-30(24)20-14-12-19(13-15-20)26(32)29-23(17-18-7-2-1-3-8-18)25-27-21-9-4-5-10-22(21)28-25/h1-5,7-10,12-15,23H,6,11,16-17H2,(H,27,28)(H,29,32)/t23-/m1/s1. The topological polar surface area (TPSA) is 78.1 Å². The summed E-state index contributed by atoms with van der Waals surface area (Å²) in [5, 5.41) is 3.14. The van der Waals surface area contributed by atoms with E-state index >= 15 is 0 Å². The van der Waals surface area contributed by atoms with Gasteiger partial charge in [0.1, 0.15) is 5.82 Å². The zero-order chi connectivity index (χ0) is 21.9. The van der Waals surface area contributed by atoms with Gasteiger partial charge in [-0.1, -0.05) is 42.5 Å². The van der Waals surface area contributed by atoms with Crippen molar-refractivity contribution in [3.63, 3.8) is 0 Å². The average molecular weight is 425 g/mol. The summed E-state index contributed by atoms with van der Waals surface area (Å²) in [7, 11) is 0. The molecule has 1 fully saturated rings. The summed E-state index contributed by atoms with van der Waals surface area (Å²) in [6.45, 7) is 0.732. The third-order valence-corrected chi connectivity index (χ3v) is 5.84. The summed E-state index contributed by atoms with van der Waals surface area (Å²) >= 11 is 0. The van der Waals surface area contributed by atoms with E-state index < -0.39 is 0 Å². The Balaban J connectivity index is 1.39. The summed E-state index contributed by atoms with van der Waals surface area (Å²) in [5.74, 6) is 0.684. The third kappa shape index (κ3) is 4.12. The van der Waals surface area contributed by atoms with Crippen LogP contribution in [0.4, 0.5) is 5.69 Å². The van der Waals surface area contributed by atoms with Gasteiger partial charge in [0.05, 0.1) is 17.1 Å². The van der Waals surface area contributed by atoms with Crippen LogP contribution in [0.3, 0.4) is 0 Å². The van der Waals surface area contributed by atoms with Gasteiger partial charge < -0.3 is 15.2 Å². The summed E-state index contributed by atoms with van der Waals surface area (Å²) in [6.07, 6.45) is 2.08. The number of rotatable bonds is 6. The van der Waals surface area contributed by atoms with Gasteiger partial charge in [0.2, 0.25) is 5.91 Å². The maximum atomic E-state index is 13.1. The number of anilines is 1. The number of imidazole rings is 1. The fraction of sp³-hybridized carbons (Fsp3) is 0.192. The largest absolute Gasteiger partial charge is 0.342 e. The summed E-state index contributed by atoms with van der Waals surface area (Å²) < 4.78 is 0. The Morgan fingerprint density at radius 3 is 2.47 bits per heavy atom. The third-order valence-electron chi connectivity index (χ3n) is 5.84. The number of nitrogens with one attached hydrogen (secondary N) is 2. The first-order valence-corrected chi connectivity index (χ1v) is 10.9. The number of hydrogen-bond donors (Lipinski definition) is 2. The molecule has 1 saturated heterocycles. The van der Waals surface area contributed by atoms with Crippen LogP contribution in [-0.4, -0.2) is 28.3 Å². The predicted octanol–water partition coefficient (Wildman–Crippen LogP) is 4.40. The van der Waals surface area contributed by atoms with Crippen LogP contribution in [0.2, 0.25) is 0 Å². The summed E-state index contributed by atoms with van der Waals surface area (Å²) in [4.78, 5) is 34.9. The van der Waals surface area contributed by atoms with Gasteiger partial charge in [-0.3, -0.25) is 9.59 Å². The van der Waals surface area contributed by atoms with Crippen LogP contribution in [0.5, 0.6) is 0 Å². The van der Waals surface area contributed by atoms with Crippen LogP contribution in [0.15, 0.2) is 78.9 Å². The quantitative estimate of drug-likeness (QED) is 0.481. The molecule has 32 heavy (non-hydrogen) atoms. The van der Waals surface area contributed by atoms with Crippen LogP contribution < -0.4 is 10.2 Å². The number of carbonyl (C=O) groups is 2. The molecular formula is C26H24N4O2. The molecule has 3 aromatic carbocycles. The monoisotopic (exact) mass is 424 g/mol. The van der Waals surface area contributed by atoms with Crippen LogP contribution in [0, 0.1) is 0 Å². The fourth-order valence-corrected chi connectivity index (χ4v) is 4.16. The number of aromatic amines is 1. The van der Waals surface area contributed by atoms with Crippen molar-refractivity contribution in [2.45, 2.75) is 25.3 Å². The maximum absolute atomic E-state index is 13.1. The minimum atomic E-state index is -0.308. The number of carbonyl (C=O) groups excluding carboxylic acids is 2. The highest BCUT2D eigenvalue weighted by Crippen LogP contribution is 2.23. The first-order chi connectivity index (χ1) is 15.7. The molecule has 0 spiro atoms. The van der Waals surface area contributed by atoms with Crippen LogP contribution in [-0.2, 0) is 11.2 Å². The molecule has 0 saturated carbocycles. The second-order valence-corrected chi connectivity index (χ2v) is 8.05. The number of benzene rings is 3. The van der Waals surface area contributed by atoms with E-state index in [2.05, 4.69) is 10.3 Å². The molecule has 2 N–H and O–H groups in total. The van der Waals surface area contributed by atoms with Gasteiger partial charge in [-0.05, 0) is 54.8 Å². The van der Waals surface area contributed by atoms with Gasteiger partial charge in [0.15, 0.2) is 0 Å². The average Bonchev–Trinajstić information content (AvgIpc) is 3.45. The summed E-state index contributed by atoms with van der Waals surface area (Å²) in [6, 6.07) is 24.8. The molecule has 1 aromatic heterocycles. The molecular weight excluding hydrogens is 400 g/mol. The van der Waals surface area contributed by atoms with Gasteiger partial charge in [0, 0.05) is 24.2 Å². The van der Waals surface area contributed by atoms with Gasteiger partial charge >= 0.3 is 0 Å². The molecule has 0 unspecified atom stereocenters. The molecule has 1 aliphatic heterocycles. The highest BCUT2D eigenvalue weighted by molar-refractivity contribution is 5.97. The number of aromatic nitrogens is 2. The zero-order valence-corrected chi connectivity index (χ0v) is 17.6. The van der Waals surface area contributed by atoms with E-state index in [1.165, 1.54) is 0 Å². The van der Waals surface area contributed by atoms with Crippen LogP contribution in [0.25, 0.3) is 11.0 Å². The predicted molar refractivity (Wildman–Crippen MR) is 124 cm³/mol. The minimum absolute atomic E-state index is 0.134. The Bertz CT molecular complexity index is 1210. The number of para-hydroxylation sites is 2. The molecule has 160 valence electrons. The van der Waals surface area contributed by atoms with E-state index in [-0.39, 0.29) is 17.9 Å². The Hall–Kier alpha value is -3.93. The Kier molecular flexibility index (Phi) is 5.42. The molecule has 4 aromatic rings. The SMILES string of the molecule is O=C(N[C@H](Cc1ccccc1)c1nc2ccccc2[nH]1)c1ccc(N2CCCC2=O)cc1. The van der Waals surface area contributed by atoms with Crippen LogP contribution >= 0.6 is 0 Å². The molecule has 0 aliphatic carbocycles. The normalized spacial score (nSPS) is 14.6. The van der Waals surface area contributed by atoms with Crippen molar-refractivity contribution < 1.29 is 9.59 Å². The lowest BCUT2D eigenvalue weighted by Gasteiger charge is -2.18. The van der Waals surface area contributed by atoms with Crippen molar-refractivity contribution in [1.29, 1.82) is 0 Å². The fourth-order valence-electron chi connectivity index (χ4n) is 4.16. The number of hydrogen-bond acceptors (Lipinski definition) is 3. The minimum Gasteiger partial charge on any atom is -0.342 e. The smallest absolute Gasteiger partial charge is 0.251 e. The van der Waals surface area contributed by atoms with Gasteiger partial charge in [-0.2, -0.15) is 0 Å². The van der Waals surface area contributed by atoms with E-state index in [0.29, 0.717) is 18.4 Å². The van der Waals surface area contributed by atoms with Crippen LogP contribution in [0.1, 0.15) is 40.6 Å². The van der Waals surface area contributed by atoms with Gasteiger partial charge in [-0.25, -0.2) is 4.98 Å². The van der Waals surface area contributed by atoms with Crippen molar-refractivity contribution >= 4 is 28.5 Å². The number of H-pyrrole nitrogens is 1. The van der Waals surface area contributed by atoms with Crippen molar-refractivity contribution in [1.82, 2.24) is 15.3 Å².